The molecule has 24 heavy (non-hydrogen) atoms. The number of anilines is 1. The summed E-state index contributed by atoms with van der Waals surface area (Å²) in [5.74, 6) is 0.132. The summed E-state index contributed by atoms with van der Waals surface area (Å²) in [6, 6.07) is 13.5. The van der Waals surface area contributed by atoms with Gasteiger partial charge in [0.25, 0.3) is 0 Å². The molecule has 0 spiro atoms. The fourth-order valence-corrected chi connectivity index (χ4v) is 2.18. The number of benzene rings is 2. The molecule has 0 aliphatic heterocycles. The van der Waals surface area contributed by atoms with E-state index in [1.54, 1.807) is 36.1 Å². The third-order valence-corrected chi connectivity index (χ3v) is 3.33. The van der Waals surface area contributed by atoms with Crippen molar-refractivity contribution in [1.29, 1.82) is 0 Å². The van der Waals surface area contributed by atoms with Crippen LogP contribution in [0.2, 0.25) is 0 Å². The van der Waals surface area contributed by atoms with Crippen LogP contribution in [0.5, 0.6) is 6.01 Å². The van der Waals surface area contributed by atoms with Crippen LogP contribution in [0.4, 0.5) is 10.1 Å². The molecule has 6 nitrogen and oxygen atoms in total. The van der Waals surface area contributed by atoms with E-state index in [9.17, 15) is 4.39 Å². The number of nitrogens with zero attached hydrogens (tertiary/aromatic N) is 3. The van der Waals surface area contributed by atoms with Crippen LogP contribution in [0, 0.1) is 5.82 Å². The molecule has 0 unspecified atom stereocenters. The van der Waals surface area contributed by atoms with Crippen molar-refractivity contribution in [2.75, 3.05) is 26.1 Å². The minimum absolute atomic E-state index is 0.197. The van der Waals surface area contributed by atoms with Crippen molar-refractivity contribution >= 4 is 5.69 Å². The summed E-state index contributed by atoms with van der Waals surface area (Å²) in [6.45, 7) is 0.747. The molecule has 2 N–H and O–H groups in total. The van der Waals surface area contributed by atoms with Crippen LogP contribution in [0.3, 0.4) is 0 Å². The largest absolute Gasteiger partial charge is 0.460 e. The van der Waals surface area contributed by atoms with E-state index in [1.807, 2.05) is 12.1 Å². The molecule has 0 atom stereocenters. The minimum atomic E-state index is -0.346. The van der Waals surface area contributed by atoms with Crippen LogP contribution >= 0.6 is 0 Å². The van der Waals surface area contributed by atoms with Crippen LogP contribution in [0.1, 0.15) is 0 Å². The number of halogens is 1. The van der Waals surface area contributed by atoms with Gasteiger partial charge in [0, 0.05) is 18.4 Å². The van der Waals surface area contributed by atoms with Gasteiger partial charge in [-0.25, -0.2) is 9.07 Å². The van der Waals surface area contributed by atoms with E-state index >= 15 is 0 Å². The van der Waals surface area contributed by atoms with Gasteiger partial charge in [0.05, 0.1) is 12.3 Å². The Labute approximate surface area is 138 Å². The van der Waals surface area contributed by atoms with Gasteiger partial charge < -0.3 is 15.2 Å². The van der Waals surface area contributed by atoms with Gasteiger partial charge >= 0.3 is 6.01 Å². The fraction of sp³-hybridized carbons (Fsp3) is 0.176. The van der Waals surface area contributed by atoms with Gasteiger partial charge in [-0.2, -0.15) is 4.98 Å². The average Bonchev–Trinajstić information content (AvgIpc) is 3.00. The number of ether oxygens (including phenoxy) is 2. The van der Waals surface area contributed by atoms with Crippen LogP contribution in [0.25, 0.3) is 17.1 Å². The molecule has 2 aromatic carbocycles. The van der Waals surface area contributed by atoms with Crippen molar-refractivity contribution in [2.45, 2.75) is 0 Å². The quantitative estimate of drug-likeness (QED) is 0.556. The lowest BCUT2D eigenvalue weighted by atomic mass is 10.2. The van der Waals surface area contributed by atoms with E-state index in [0.717, 1.165) is 5.69 Å². The first kappa shape index (κ1) is 15.9. The summed E-state index contributed by atoms with van der Waals surface area (Å²) < 4.78 is 25.6. The first-order chi connectivity index (χ1) is 11.7. The van der Waals surface area contributed by atoms with E-state index in [2.05, 4.69) is 10.1 Å². The highest BCUT2D eigenvalue weighted by Gasteiger charge is 2.15. The molecule has 0 aliphatic rings. The molecule has 0 fully saturated rings. The highest BCUT2D eigenvalue weighted by atomic mass is 19.1. The molecule has 3 rings (SSSR count). The summed E-state index contributed by atoms with van der Waals surface area (Å²) in [6.07, 6.45) is 0. The predicted octanol–water partition coefficient (Wildman–Crippen LogP) is 2.68. The average molecular weight is 328 g/mol. The fourth-order valence-electron chi connectivity index (χ4n) is 2.18. The number of rotatable bonds is 6. The SMILES string of the molecule is COCCOc1nc(-c2cccc(F)c2)n(-c2ccc(N)cc2)n1. The second-order valence-corrected chi connectivity index (χ2v) is 5.07. The number of nitrogens with two attached hydrogens (primary N) is 1. The Morgan fingerprint density at radius 3 is 2.62 bits per heavy atom. The number of nitrogen functional groups attached to an aromatic ring is 1. The molecule has 0 saturated carbocycles. The Hall–Kier alpha value is -2.93. The van der Waals surface area contributed by atoms with Gasteiger partial charge in [-0.3, -0.25) is 0 Å². The Morgan fingerprint density at radius 1 is 1.12 bits per heavy atom. The van der Waals surface area contributed by atoms with E-state index in [4.69, 9.17) is 15.2 Å². The lowest BCUT2D eigenvalue weighted by Crippen LogP contribution is -2.05. The van der Waals surface area contributed by atoms with Crippen molar-refractivity contribution in [2.24, 2.45) is 0 Å². The van der Waals surface area contributed by atoms with Crippen molar-refractivity contribution in [3.05, 3.63) is 54.3 Å². The highest BCUT2D eigenvalue weighted by Crippen LogP contribution is 2.24. The zero-order valence-corrected chi connectivity index (χ0v) is 13.1. The first-order valence-corrected chi connectivity index (χ1v) is 7.38. The van der Waals surface area contributed by atoms with Gasteiger partial charge in [-0.1, -0.05) is 12.1 Å². The van der Waals surface area contributed by atoms with Crippen molar-refractivity contribution in [3.8, 4) is 23.1 Å². The number of aromatic nitrogens is 3. The summed E-state index contributed by atoms with van der Waals surface area (Å²) in [4.78, 5) is 4.37. The zero-order chi connectivity index (χ0) is 16.9. The van der Waals surface area contributed by atoms with Crippen LogP contribution < -0.4 is 10.5 Å². The lowest BCUT2D eigenvalue weighted by Gasteiger charge is -2.06. The Balaban J connectivity index is 2.02. The van der Waals surface area contributed by atoms with Gasteiger partial charge in [0.1, 0.15) is 12.4 Å². The smallest absolute Gasteiger partial charge is 0.336 e. The Kier molecular flexibility index (Phi) is 4.72. The van der Waals surface area contributed by atoms with E-state index in [-0.39, 0.29) is 11.8 Å². The number of methoxy groups -OCH3 is 1. The maximum absolute atomic E-state index is 13.6. The van der Waals surface area contributed by atoms with E-state index in [0.29, 0.717) is 30.3 Å². The van der Waals surface area contributed by atoms with Gasteiger partial charge in [0.2, 0.25) is 0 Å². The van der Waals surface area contributed by atoms with Crippen molar-refractivity contribution in [1.82, 2.24) is 14.8 Å². The Bertz CT molecular complexity index is 818. The standard InChI is InChI=1S/C17H17FN4O2/c1-23-9-10-24-17-20-16(12-3-2-4-13(18)11-12)22(21-17)15-7-5-14(19)6-8-15/h2-8,11H,9-10,19H2,1H3. The van der Waals surface area contributed by atoms with Crippen LogP contribution in [-0.2, 0) is 4.74 Å². The molecule has 0 amide bonds. The van der Waals surface area contributed by atoms with Crippen LogP contribution in [-0.4, -0.2) is 35.1 Å². The highest BCUT2D eigenvalue weighted by molar-refractivity contribution is 5.59. The topological polar surface area (TPSA) is 75.2 Å². The minimum Gasteiger partial charge on any atom is -0.460 e. The molecule has 0 aliphatic carbocycles. The molecule has 0 saturated heterocycles. The molecular formula is C17H17FN4O2. The summed E-state index contributed by atoms with van der Waals surface area (Å²) >= 11 is 0. The van der Waals surface area contributed by atoms with E-state index < -0.39 is 0 Å². The number of hydrogen-bond donors (Lipinski definition) is 1. The first-order valence-electron chi connectivity index (χ1n) is 7.38. The van der Waals surface area contributed by atoms with Gasteiger partial charge in [0.15, 0.2) is 5.82 Å². The normalized spacial score (nSPS) is 10.8. The second-order valence-electron chi connectivity index (χ2n) is 5.07. The number of hydrogen-bond acceptors (Lipinski definition) is 5. The van der Waals surface area contributed by atoms with Crippen molar-refractivity contribution in [3.63, 3.8) is 0 Å². The van der Waals surface area contributed by atoms with Crippen LogP contribution in [0.15, 0.2) is 48.5 Å². The van der Waals surface area contributed by atoms with Crippen molar-refractivity contribution < 1.29 is 13.9 Å². The molecule has 1 heterocycles. The summed E-state index contributed by atoms with van der Waals surface area (Å²) in [5, 5.41) is 4.35. The summed E-state index contributed by atoms with van der Waals surface area (Å²) in [5.41, 5.74) is 7.71. The predicted molar refractivity (Wildman–Crippen MR) is 88.5 cm³/mol. The molecule has 0 radical (unpaired) electrons. The molecule has 124 valence electrons. The maximum atomic E-state index is 13.6. The molecule has 7 heteroatoms. The molecule has 1 aromatic heterocycles. The monoisotopic (exact) mass is 328 g/mol. The van der Waals surface area contributed by atoms with E-state index in [1.165, 1.54) is 12.1 Å². The Morgan fingerprint density at radius 2 is 1.92 bits per heavy atom. The van der Waals surface area contributed by atoms with Gasteiger partial charge in [-0.05, 0) is 36.4 Å². The third-order valence-electron chi connectivity index (χ3n) is 3.33. The third kappa shape index (κ3) is 3.52. The zero-order valence-electron chi connectivity index (χ0n) is 13.1. The summed E-state index contributed by atoms with van der Waals surface area (Å²) in [7, 11) is 1.59. The molecule has 0 bridgehead atoms. The molecule has 3 aromatic rings. The van der Waals surface area contributed by atoms with Gasteiger partial charge in [-0.15, -0.1) is 5.10 Å². The maximum Gasteiger partial charge on any atom is 0.336 e. The molecular weight excluding hydrogens is 311 g/mol. The second kappa shape index (κ2) is 7.10. The lowest BCUT2D eigenvalue weighted by molar-refractivity contribution is 0.141.